The van der Waals surface area contributed by atoms with E-state index in [1.807, 2.05) is 12.3 Å². The molecule has 168 valence electrons. The van der Waals surface area contributed by atoms with Crippen LogP contribution >= 0.6 is 0 Å². The number of nitrogens with one attached hydrogen (secondary N) is 2. The van der Waals surface area contributed by atoms with Crippen LogP contribution in [0, 0.1) is 0 Å². The average molecular weight is 422 g/mol. The third kappa shape index (κ3) is 7.61. The van der Waals surface area contributed by atoms with Gasteiger partial charge in [-0.1, -0.05) is 58.3 Å². The Balaban J connectivity index is 1.50. The zero-order valence-corrected chi connectivity index (χ0v) is 19.5. The van der Waals surface area contributed by atoms with Crippen molar-refractivity contribution in [2.45, 2.75) is 91.1 Å². The number of allylic oxidation sites excluding steroid dienone is 2. The topological polar surface area (TPSA) is 53.2 Å². The van der Waals surface area contributed by atoms with Crippen LogP contribution in [0.4, 0.5) is 0 Å². The van der Waals surface area contributed by atoms with Gasteiger partial charge >= 0.3 is 0 Å². The van der Waals surface area contributed by atoms with E-state index in [1.54, 1.807) is 0 Å². The molecule has 2 N–H and O–H groups in total. The van der Waals surface area contributed by atoms with Crippen LogP contribution in [0.25, 0.3) is 17.5 Å². The van der Waals surface area contributed by atoms with Gasteiger partial charge in [0.2, 0.25) is 0 Å². The van der Waals surface area contributed by atoms with Crippen LogP contribution in [-0.2, 0) is 0 Å². The molecule has 0 spiro atoms. The van der Waals surface area contributed by atoms with Crippen LogP contribution in [0.15, 0.2) is 47.2 Å². The molecule has 0 fully saturated rings. The highest BCUT2D eigenvalue weighted by atomic mass is 16.5. The molecule has 0 saturated carbocycles. The van der Waals surface area contributed by atoms with Gasteiger partial charge in [-0.15, -0.1) is 0 Å². The Bertz CT molecular complexity index is 868. The molecule has 4 nitrogen and oxygen atoms in total. The average Bonchev–Trinajstić information content (AvgIpc) is 3.49. The number of hydrogen-bond donors (Lipinski definition) is 2. The van der Waals surface area contributed by atoms with E-state index in [0.717, 1.165) is 34.9 Å². The standard InChI is InChI=1S/C27H39N3O/c1-4-5-6-7-8-9-10-11-12-14-22-16-17-23(29-22)19-26-27(31-21(2)3)20-25(30-26)24-15-13-18-28-24/h13,15-21,28,30H,4-12,14H2,1-3H3/b23-19-. The lowest BCUT2D eigenvalue weighted by Gasteiger charge is -2.08. The van der Waals surface area contributed by atoms with Crippen molar-refractivity contribution in [3.63, 3.8) is 0 Å². The molecule has 3 heterocycles. The second-order valence-corrected chi connectivity index (χ2v) is 8.80. The summed E-state index contributed by atoms with van der Waals surface area (Å²) >= 11 is 0. The van der Waals surface area contributed by atoms with E-state index in [-0.39, 0.29) is 6.10 Å². The van der Waals surface area contributed by atoms with Crippen molar-refractivity contribution >= 4 is 11.8 Å². The van der Waals surface area contributed by atoms with Crippen molar-refractivity contribution in [1.82, 2.24) is 9.97 Å². The second kappa shape index (κ2) is 12.4. The highest BCUT2D eigenvalue weighted by molar-refractivity contribution is 5.99. The lowest BCUT2D eigenvalue weighted by Crippen LogP contribution is -2.05. The largest absolute Gasteiger partial charge is 0.489 e. The van der Waals surface area contributed by atoms with Crippen LogP contribution in [0.3, 0.4) is 0 Å². The number of rotatable bonds is 14. The van der Waals surface area contributed by atoms with Gasteiger partial charge in [-0.2, -0.15) is 0 Å². The molecular weight excluding hydrogens is 382 g/mol. The predicted octanol–water partition coefficient (Wildman–Crippen LogP) is 8.07. The van der Waals surface area contributed by atoms with Crippen molar-refractivity contribution in [2.24, 2.45) is 4.99 Å². The zero-order chi connectivity index (χ0) is 21.9. The van der Waals surface area contributed by atoms with Crippen LogP contribution in [0.1, 0.15) is 90.7 Å². The van der Waals surface area contributed by atoms with Gasteiger partial charge in [-0.05, 0) is 57.0 Å². The van der Waals surface area contributed by atoms with E-state index < -0.39 is 0 Å². The van der Waals surface area contributed by atoms with E-state index in [1.165, 1.54) is 63.5 Å². The first-order chi connectivity index (χ1) is 15.2. The molecule has 3 rings (SSSR count). The predicted molar refractivity (Wildman–Crippen MR) is 133 cm³/mol. The van der Waals surface area contributed by atoms with E-state index >= 15 is 0 Å². The minimum atomic E-state index is 0.120. The molecule has 2 aromatic heterocycles. The Morgan fingerprint density at radius 2 is 1.71 bits per heavy atom. The van der Waals surface area contributed by atoms with E-state index in [2.05, 4.69) is 61.1 Å². The third-order valence-corrected chi connectivity index (χ3v) is 5.61. The number of aliphatic imine (C=N–C) groups is 1. The molecule has 4 heteroatoms. The quantitative estimate of drug-likeness (QED) is 0.298. The molecule has 0 saturated heterocycles. The molecule has 0 bridgehead atoms. The minimum absolute atomic E-state index is 0.120. The maximum atomic E-state index is 6.03. The molecule has 1 aliphatic heterocycles. The second-order valence-electron chi connectivity index (χ2n) is 8.80. The summed E-state index contributed by atoms with van der Waals surface area (Å²) in [5.41, 5.74) is 5.21. The molecule has 1 aliphatic rings. The first-order valence-electron chi connectivity index (χ1n) is 12.2. The number of nitrogens with zero attached hydrogens (tertiary/aromatic N) is 1. The van der Waals surface area contributed by atoms with Crippen molar-refractivity contribution in [2.75, 3.05) is 0 Å². The summed E-state index contributed by atoms with van der Waals surface area (Å²) in [6, 6.07) is 6.11. The summed E-state index contributed by atoms with van der Waals surface area (Å²) in [7, 11) is 0. The summed E-state index contributed by atoms with van der Waals surface area (Å²) in [4.78, 5) is 11.6. The summed E-state index contributed by atoms with van der Waals surface area (Å²) in [5, 5.41) is 0. The number of aromatic nitrogens is 2. The van der Waals surface area contributed by atoms with Crippen LogP contribution in [0.2, 0.25) is 0 Å². The fourth-order valence-corrected chi connectivity index (χ4v) is 3.96. The highest BCUT2D eigenvalue weighted by Gasteiger charge is 2.13. The van der Waals surface area contributed by atoms with Crippen molar-refractivity contribution < 1.29 is 4.74 Å². The number of aromatic amines is 2. The number of ether oxygens (including phenoxy) is 1. The van der Waals surface area contributed by atoms with Gasteiger partial charge in [-0.3, -0.25) is 4.99 Å². The summed E-state index contributed by atoms with van der Waals surface area (Å²) in [5.74, 6) is 0.864. The van der Waals surface area contributed by atoms with Gasteiger partial charge in [0.05, 0.1) is 28.9 Å². The molecule has 2 aromatic rings. The number of hydrogen-bond acceptors (Lipinski definition) is 2. The van der Waals surface area contributed by atoms with Crippen molar-refractivity contribution in [3.8, 4) is 17.1 Å². The summed E-state index contributed by atoms with van der Waals surface area (Å²) in [6.07, 6.45) is 21.7. The van der Waals surface area contributed by atoms with Crippen LogP contribution in [-0.4, -0.2) is 21.8 Å². The lowest BCUT2D eigenvalue weighted by atomic mass is 10.1. The van der Waals surface area contributed by atoms with E-state index in [0.29, 0.717) is 0 Å². The Labute approximate surface area is 187 Å². The van der Waals surface area contributed by atoms with Gasteiger partial charge in [0.1, 0.15) is 5.75 Å². The fraction of sp³-hybridized carbons (Fsp3) is 0.519. The maximum Gasteiger partial charge on any atom is 0.145 e. The summed E-state index contributed by atoms with van der Waals surface area (Å²) in [6.45, 7) is 6.38. The minimum Gasteiger partial charge on any atom is -0.489 e. The molecule has 0 aromatic carbocycles. The van der Waals surface area contributed by atoms with Crippen molar-refractivity contribution in [3.05, 3.63) is 47.9 Å². The first-order valence-corrected chi connectivity index (χ1v) is 12.2. The normalized spacial score (nSPS) is 14.7. The van der Waals surface area contributed by atoms with E-state index in [9.17, 15) is 0 Å². The maximum absolute atomic E-state index is 6.03. The summed E-state index contributed by atoms with van der Waals surface area (Å²) < 4.78 is 6.03. The molecule has 0 atom stereocenters. The molecule has 0 unspecified atom stereocenters. The number of unbranched alkanes of at least 4 members (excludes halogenated alkanes) is 8. The van der Waals surface area contributed by atoms with Crippen LogP contribution < -0.4 is 4.74 Å². The zero-order valence-electron chi connectivity index (χ0n) is 19.5. The van der Waals surface area contributed by atoms with Gasteiger partial charge in [0.15, 0.2) is 0 Å². The monoisotopic (exact) mass is 421 g/mol. The van der Waals surface area contributed by atoms with E-state index in [4.69, 9.17) is 9.73 Å². The van der Waals surface area contributed by atoms with Gasteiger partial charge in [0, 0.05) is 18.0 Å². The Hall–Kier alpha value is -2.49. The van der Waals surface area contributed by atoms with Gasteiger partial charge < -0.3 is 14.7 Å². The first kappa shape index (κ1) is 23.2. The smallest absolute Gasteiger partial charge is 0.145 e. The van der Waals surface area contributed by atoms with Gasteiger partial charge in [0.25, 0.3) is 0 Å². The fourth-order valence-electron chi connectivity index (χ4n) is 3.96. The van der Waals surface area contributed by atoms with Gasteiger partial charge in [-0.25, -0.2) is 0 Å². The van der Waals surface area contributed by atoms with Crippen molar-refractivity contribution in [1.29, 1.82) is 0 Å². The van der Waals surface area contributed by atoms with Crippen LogP contribution in [0.5, 0.6) is 5.75 Å². The SMILES string of the molecule is CCCCCCCCCCCC1=N/C(=C\c2[nH]c(-c3ccc[nH]3)cc2OC(C)C)C=C1. The molecule has 0 aliphatic carbocycles. The Morgan fingerprint density at radius 3 is 2.39 bits per heavy atom. The molecule has 0 amide bonds. The Morgan fingerprint density at radius 1 is 0.968 bits per heavy atom. The molecule has 0 radical (unpaired) electrons. The molecular formula is C27H39N3O. The highest BCUT2D eigenvalue weighted by Crippen LogP contribution is 2.30. The third-order valence-electron chi connectivity index (χ3n) is 5.61. The number of H-pyrrole nitrogens is 2. The lowest BCUT2D eigenvalue weighted by molar-refractivity contribution is 0.242. The Kier molecular flexibility index (Phi) is 9.26. The molecule has 31 heavy (non-hydrogen) atoms.